The van der Waals surface area contributed by atoms with E-state index in [-0.39, 0.29) is 36.0 Å². The fraction of sp³-hybridized carbons (Fsp3) is 0.381. The molecule has 2 aliphatic heterocycles. The average Bonchev–Trinajstić information content (AvgIpc) is 3.96. The van der Waals surface area contributed by atoms with Crippen molar-refractivity contribution in [1.82, 2.24) is 21.3 Å². The molecule has 2 unspecified atom stereocenters. The molecule has 4 aliphatic rings. The van der Waals surface area contributed by atoms with Gasteiger partial charge >= 0.3 is 0 Å². The molecule has 270 valence electrons. The Bertz CT molecular complexity index is 1910. The zero-order valence-electron chi connectivity index (χ0n) is 29.5. The number of hydrogen-bond donors (Lipinski definition) is 4. The zero-order valence-corrected chi connectivity index (χ0v) is 31.1. The van der Waals surface area contributed by atoms with Crippen LogP contribution in [0.15, 0.2) is 60.7 Å². The monoisotopic (exact) mass is 738 g/mol. The molecule has 4 atom stereocenters. The van der Waals surface area contributed by atoms with E-state index in [0.717, 1.165) is 96.5 Å². The van der Waals surface area contributed by atoms with E-state index in [1.54, 1.807) is 14.2 Å². The van der Waals surface area contributed by atoms with Crippen LogP contribution in [0.1, 0.15) is 72.9 Å². The fourth-order valence-electron chi connectivity index (χ4n) is 8.67. The van der Waals surface area contributed by atoms with Gasteiger partial charge in [0.1, 0.15) is 11.5 Å². The van der Waals surface area contributed by atoms with Crippen molar-refractivity contribution in [2.75, 3.05) is 27.3 Å². The molecule has 2 fully saturated rings. The van der Waals surface area contributed by atoms with Crippen molar-refractivity contribution in [2.24, 2.45) is 0 Å². The number of nitrogens with one attached hydrogen (secondary N) is 4. The van der Waals surface area contributed by atoms with Crippen molar-refractivity contribution in [2.45, 2.75) is 75.5 Å². The molecule has 0 bridgehead atoms. The molecular formula is C42H44Cl2N4O4. The van der Waals surface area contributed by atoms with Gasteiger partial charge in [-0.3, -0.25) is 9.59 Å². The molecule has 0 radical (unpaired) electrons. The second-order valence-electron chi connectivity index (χ2n) is 14.4. The lowest BCUT2D eigenvalue weighted by Crippen LogP contribution is -2.36. The number of aryl methyl sites for hydroxylation is 2. The molecule has 2 saturated heterocycles. The molecule has 0 saturated carbocycles. The molecule has 0 spiro atoms. The Morgan fingerprint density at radius 1 is 0.615 bits per heavy atom. The maximum Gasteiger partial charge on any atom is 0.220 e. The number of hydrogen-bond acceptors (Lipinski definition) is 6. The number of amides is 2. The lowest BCUT2D eigenvalue weighted by atomic mass is 9.93. The Hall–Kier alpha value is -4.08. The third kappa shape index (κ3) is 6.66. The average molecular weight is 740 g/mol. The van der Waals surface area contributed by atoms with Gasteiger partial charge in [0.25, 0.3) is 0 Å². The molecule has 2 heterocycles. The van der Waals surface area contributed by atoms with Gasteiger partial charge in [0, 0.05) is 83.5 Å². The maximum absolute atomic E-state index is 11.7. The first kappa shape index (κ1) is 35.0. The predicted molar refractivity (Wildman–Crippen MR) is 206 cm³/mol. The lowest BCUT2D eigenvalue weighted by Gasteiger charge is -2.21. The van der Waals surface area contributed by atoms with Crippen molar-refractivity contribution in [1.29, 1.82) is 0 Å². The second kappa shape index (κ2) is 14.7. The van der Waals surface area contributed by atoms with Crippen molar-refractivity contribution in [3.8, 4) is 44.9 Å². The third-order valence-corrected chi connectivity index (χ3v) is 12.1. The SMILES string of the molecule is COc1cc(-c2cccc(-c3cccc(-c4cc5c(c(OC)c4)C(NC[C@@H]4CCC(=O)N4)CC5)c3Cl)c2Cl)cc2c1C(NC[C@@H]1CCC(=O)N1)CC2. The van der Waals surface area contributed by atoms with Gasteiger partial charge in [-0.15, -0.1) is 0 Å². The number of benzene rings is 4. The smallest absolute Gasteiger partial charge is 0.220 e. The summed E-state index contributed by atoms with van der Waals surface area (Å²) in [6.07, 6.45) is 6.73. The molecular weight excluding hydrogens is 695 g/mol. The Kier molecular flexibility index (Phi) is 9.92. The molecule has 8 nitrogen and oxygen atoms in total. The van der Waals surface area contributed by atoms with Crippen LogP contribution in [0.2, 0.25) is 10.0 Å². The summed E-state index contributed by atoms with van der Waals surface area (Å²) in [5.41, 5.74) is 10.4. The van der Waals surface area contributed by atoms with Crippen LogP contribution in [-0.4, -0.2) is 51.2 Å². The molecule has 4 N–H and O–H groups in total. The second-order valence-corrected chi connectivity index (χ2v) is 15.2. The molecule has 0 aromatic heterocycles. The number of carbonyl (C=O) groups is 2. The summed E-state index contributed by atoms with van der Waals surface area (Å²) in [5.74, 6) is 1.94. The molecule has 2 amide bonds. The highest BCUT2D eigenvalue weighted by Gasteiger charge is 2.31. The summed E-state index contributed by atoms with van der Waals surface area (Å²) < 4.78 is 11.9. The van der Waals surface area contributed by atoms with Crippen LogP contribution in [0.3, 0.4) is 0 Å². The molecule has 4 aromatic rings. The summed E-state index contributed by atoms with van der Waals surface area (Å²) in [7, 11) is 3.44. The highest BCUT2D eigenvalue weighted by molar-refractivity contribution is 6.39. The van der Waals surface area contributed by atoms with E-state index in [0.29, 0.717) is 22.9 Å². The Labute approximate surface area is 315 Å². The van der Waals surface area contributed by atoms with Crippen LogP contribution >= 0.6 is 23.2 Å². The minimum absolute atomic E-state index is 0.132. The highest BCUT2D eigenvalue weighted by atomic mass is 35.5. The van der Waals surface area contributed by atoms with Gasteiger partial charge in [-0.25, -0.2) is 0 Å². The van der Waals surface area contributed by atoms with Crippen molar-refractivity contribution in [3.05, 3.63) is 93.0 Å². The van der Waals surface area contributed by atoms with Gasteiger partial charge in [0.05, 0.1) is 24.3 Å². The van der Waals surface area contributed by atoms with E-state index in [2.05, 4.69) is 57.7 Å². The zero-order chi connectivity index (χ0) is 35.9. The van der Waals surface area contributed by atoms with Gasteiger partial charge < -0.3 is 30.7 Å². The molecule has 8 rings (SSSR count). The van der Waals surface area contributed by atoms with Crippen LogP contribution in [0.25, 0.3) is 33.4 Å². The minimum Gasteiger partial charge on any atom is -0.496 e. The van der Waals surface area contributed by atoms with Gasteiger partial charge in [0.2, 0.25) is 11.8 Å². The molecule has 2 aliphatic carbocycles. The third-order valence-electron chi connectivity index (χ3n) is 11.3. The van der Waals surface area contributed by atoms with E-state index in [4.69, 9.17) is 32.7 Å². The van der Waals surface area contributed by atoms with Crippen molar-refractivity contribution in [3.63, 3.8) is 0 Å². The standard InChI is InChI=1S/C42H44Cl2N4O4/c1-51-35-19-25(17-23-9-13-33(39(23)35)45-21-27-11-15-37(49)47-27)29-5-3-7-31(41(29)43)32-8-4-6-30(42(32)44)26-18-24-10-14-34(40(24)36(20-26)52-2)46-22-28-12-16-38(50)48-28/h3-8,17-20,27-28,33-34,45-46H,9-16,21-22H2,1-2H3,(H,47,49)(H,48,50)/t27-,28-,33?,34?/m0/s1. The fourth-order valence-corrected chi connectivity index (χ4v) is 9.35. The summed E-state index contributed by atoms with van der Waals surface area (Å²) >= 11 is 14.6. The number of carbonyl (C=O) groups excluding carboxylic acids is 2. The van der Waals surface area contributed by atoms with Crippen LogP contribution < -0.4 is 30.7 Å². The first-order chi connectivity index (χ1) is 25.3. The Balaban J connectivity index is 1.07. The summed E-state index contributed by atoms with van der Waals surface area (Å²) in [5, 5.41) is 14.7. The van der Waals surface area contributed by atoms with E-state index >= 15 is 0 Å². The van der Waals surface area contributed by atoms with E-state index < -0.39 is 0 Å². The first-order valence-electron chi connectivity index (χ1n) is 18.4. The van der Waals surface area contributed by atoms with E-state index in [1.807, 2.05) is 24.3 Å². The Morgan fingerprint density at radius 3 is 1.42 bits per heavy atom. The van der Waals surface area contributed by atoms with Gasteiger partial charge in [-0.2, -0.15) is 0 Å². The van der Waals surface area contributed by atoms with Gasteiger partial charge in [-0.05, 0) is 72.9 Å². The number of ether oxygens (including phenoxy) is 2. The molecule has 4 aromatic carbocycles. The van der Waals surface area contributed by atoms with Crippen LogP contribution in [0.4, 0.5) is 0 Å². The van der Waals surface area contributed by atoms with Gasteiger partial charge in [-0.1, -0.05) is 71.7 Å². The first-order valence-corrected chi connectivity index (χ1v) is 19.1. The lowest BCUT2D eigenvalue weighted by molar-refractivity contribution is -0.120. The van der Waals surface area contributed by atoms with E-state index in [1.165, 1.54) is 22.3 Å². The van der Waals surface area contributed by atoms with Gasteiger partial charge in [0.15, 0.2) is 0 Å². The summed E-state index contributed by atoms with van der Waals surface area (Å²) in [4.78, 5) is 23.4. The number of halogens is 2. The summed E-state index contributed by atoms with van der Waals surface area (Å²) in [6.45, 7) is 1.49. The number of fused-ring (bicyclic) bond motifs is 2. The molecule has 52 heavy (non-hydrogen) atoms. The van der Waals surface area contributed by atoms with E-state index in [9.17, 15) is 9.59 Å². The predicted octanol–water partition coefficient (Wildman–Crippen LogP) is 7.72. The minimum atomic E-state index is 0.132. The maximum atomic E-state index is 11.7. The quantitative estimate of drug-likeness (QED) is 0.126. The van der Waals surface area contributed by atoms with Crippen LogP contribution in [0, 0.1) is 0 Å². The summed E-state index contributed by atoms with van der Waals surface area (Å²) in [6, 6.07) is 21.5. The topological polar surface area (TPSA) is 101 Å². The highest BCUT2D eigenvalue weighted by Crippen LogP contribution is 2.47. The molecule has 10 heteroatoms. The number of methoxy groups -OCH3 is 2. The normalized spacial score (nSPS) is 21.9. The van der Waals surface area contributed by atoms with Crippen LogP contribution in [0.5, 0.6) is 11.5 Å². The van der Waals surface area contributed by atoms with Crippen molar-refractivity contribution >= 4 is 35.0 Å². The van der Waals surface area contributed by atoms with Crippen molar-refractivity contribution < 1.29 is 19.1 Å². The number of rotatable bonds is 11. The Morgan fingerprint density at radius 2 is 1.04 bits per heavy atom. The van der Waals surface area contributed by atoms with Crippen LogP contribution in [-0.2, 0) is 22.4 Å². The largest absolute Gasteiger partial charge is 0.496 e.